The normalized spacial score (nSPS) is 11.6. The van der Waals surface area contributed by atoms with E-state index in [4.69, 9.17) is 0 Å². The zero-order valence-electron chi connectivity index (χ0n) is 14.8. The van der Waals surface area contributed by atoms with E-state index in [0.29, 0.717) is 0 Å². The highest BCUT2D eigenvalue weighted by atomic mass is 32.1. The summed E-state index contributed by atoms with van der Waals surface area (Å²) >= 11 is 3.69. The second-order valence-electron chi connectivity index (χ2n) is 6.80. The van der Waals surface area contributed by atoms with E-state index < -0.39 is 0 Å². The van der Waals surface area contributed by atoms with Crippen LogP contribution in [0, 0.1) is 0 Å². The molecule has 0 bridgehead atoms. The smallest absolute Gasteiger partial charge is 0.115 e. The molecule has 132 valence electrons. The number of hydrogen-bond donors (Lipinski definition) is 0. The van der Waals surface area contributed by atoms with Crippen molar-refractivity contribution < 1.29 is 0 Å². The van der Waals surface area contributed by atoms with Gasteiger partial charge >= 0.3 is 0 Å². The van der Waals surface area contributed by atoms with Gasteiger partial charge in [0.2, 0.25) is 0 Å². The fraction of sp³-hybridized carbons (Fsp3) is 0. The van der Waals surface area contributed by atoms with E-state index >= 15 is 0 Å². The molecular weight excluding hydrogens is 380 g/mol. The fourth-order valence-corrected chi connectivity index (χ4v) is 5.88. The summed E-state index contributed by atoms with van der Waals surface area (Å²) in [5.74, 6) is 0. The lowest BCUT2D eigenvalue weighted by atomic mass is 10.0. The summed E-state index contributed by atoms with van der Waals surface area (Å²) in [6.45, 7) is 0. The van der Waals surface area contributed by atoms with Crippen LogP contribution >= 0.6 is 22.7 Å². The SMILES string of the molecule is c1cc(-c2cncnc2)cc(-c2cc3ccc4c(ccc5ccsc54)c3s2)c1. The van der Waals surface area contributed by atoms with Crippen molar-refractivity contribution in [2.24, 2.45) is 0 Å². The van der Waals surface area contributed by atoms with Crippen molar-refractivity contribution in [3.05, 3.63) is 84.8 Å². The summed E-state index contributed by atoms with van der Waals surface area (Å²) in [5, 5.41) is 7.50. The van der Waals surface area contributed by atoms with Crippen molar-refractivity contribution in [1.82, 2.24) is 9.97 Å². The van der Waals surface area contributed by atoms with Gasteiger partial charge in [0.15, 0.2) is 0 Å². The monoisotopic (exact) mass is 394 g/mol. The maximum atomic E-state index is 4.15. The Kier molecular flexibility index (Phi) is 3.54. The molecule has 4 heteroatoms. The van der Waals surface area contributed by atoms with Gasteiger partial charge in [-0.3, -0.25) is 0 Å². The van der Waals surface area contributed by atoms with Crippen LogP contribution in [-0.2, 0) is 0 Å². The van der Waals surface area contributed by atoms with Gasteiger partial charge in [-0.1, -0.05) is 42.5 Å². The third-order valence-electron chi connectivity index (χ3n) is 5.14. The third-order valence-corrected chi connectivity index (χ3v) is 7.33. The average molecular weight is 395 g/mol. The van der Waals surface area contributed by atoms with Gasteiger partial charge in [-0.05, 0) is 45.5 Å². The molecule has 0 spiro atoms. The number of nitrogens with zero attached hydrogens (tertiary/aromatic N) is 2. The molecule has 0 unspecified atom stereocenters. The molecule has 6 aromatic rings. The molecule has 0 amide bonds. The number of fused-ring (bicyclic) bond motifs is 5. The lowest BCUT2D eigenvalue weighted by molar-refractivity contribution is 1.17. The van der Waals surface area contributed by atoms with E-state index in [1.165, 1.54) is 41.4 Å². The van der Waals surface area contributed by atoms with Crippen LogP contribution in [-0.4, -0.2) is 9.97 Å². The van der Waals surface area contributed by atoms with Crippen LogP contribution in [0.25, 0.3) is 52.5 Å². The van der Waals surface area contributed by atoms with Gasteiger partial charge in [0.25, 0.3) is 0 Å². The molecule has 3 heterocycles. The second kappa shape index (κ2) is 6.23. The van der Waals surface area contributed by atoms with E-state index in [1.807, 2.05) is 35.1 Å². The van der Waals surface area contributed by atoms with Gasteiger partial charge in [0.1, 0.15) is 6.33 Å². The molecule has 6 rings (SSSR count). The van der Waals surface area contributed by atoms with Crippen LogP contribution in [0.15, 0.2) is 84.8 Å². The highest BCUT2D eigenvalue weighted by molar-refractivity contribution is 7.23. The fourth-order valence-electron chi connectivity index (χ4n) is 3.77. The van der Waals surface area contributed by atoms with Crippen LogP contribution in [0.5, 0.6) is 0 Å². The van der Waals surface area contributed by atoms with Crippen molar-refractivity contribution in [2.75, 3.05) is 0 Å². The zero-order valence-corrected chi connectivity index (χ0v) is 16.4. The van der Waals surface area contributed by atoms with Gasteiger partial charge in [-0.15, -0.1) is 22.7 Å². The quantitative estimate of drug-likeness (QED) is 0.306. The topological polar surface area (TPSA) is 25.8 Å². The predicted molar refractivity (Wildman–Crippen MR) is 121 cm³/mol. The molecule has 0 N–H and O–H groups in total. The molecule has 0 aliphatic carbocycles. The van der Waals surface area contributed by atoms with Gasteiger partial charge in [0, 0.05) is 43.0 Å². The minimum atomic E-state index is 1.04. The Bertz CT molecular complexity index is 1460. The molecule has 0 saturated carbocycles. The highest BCUT2D eigenvalue weighted by Crippen LogP contribution is 2.41. The van der Waals surface area contributed by atoms with Crippen molar-refractivity contribution in [3.63, 3.8) is 0 Å². The minimum absolute atomic E-state index is 1.04. The number of benzene rings is 3. The van der Waals surface area contributed by atoms with E-state index in [-0.39, 0.29) is 0 Å². The lowest BCUT2D eigenvalue weighted by Crippen LogP contribution is -1.82. The van der Waals surface area contributed by atoms with Gasteiger partial charge in [0.05, 0.1) is 0 Å². The Morgan fingerprint density at radius 2 is 1.43 bits per heavy atom. The Morgan fingerprint density at radius 3 is 2.32 bits per heavy atom. The van der Waals surface area contributed by atoms with E-state index in [1.54, 1.807) is 6.33 Å². The average Bonchev–Trinajstić information content (AvgIpc) is 3.41. The van der Waals surface area contributed by atoms with Gasteiger partial charge in [-0.25, -0.2) is 9.97 Å². The first kappa shape index (κ1) is 15.9. The number of thiophene rings is 2. The van der Waals surface area contributed by atoms with Crippen molar-refractivity contribution >= 4 is 53.6 Å². The van der Waals surface area contributed by atoms with E-state index in [2.05, 4.69) is 76.0 Å². The molecule has 0 radical (unpaired) electrons. The van der Waals surface area contributed by atoms with Gasteiger partial charge < -0.3 is 0 Å². The predicted octanol–water partition coefficient (Wildman–Crippen LogP) is 7.39. The molecule has 2 nitrogen and oxygen atoms in total. The lowest BCUT2D eigenvalue weighted by Gasteiger charge is -2.03. The summed E-state index contributed by atoms with van der Waals surface area (Å²) in [6, 6.07) is 22.2. The first-order valence-corrected chi connectivity index (χ1v) is 10.7. The molecule has 0 saturated heterocycles. The standard InChI is InChI=1S/C24H14N2S2/c1-2-16(19-12-25-14-26-13-19)10-17(3-1)22-11-18-5-7-20-21(24(18)28-22)6-4-15-8-9-27-23(15)20/h1-14H. The molecule has 3 aromatic carbocycles. The Labute approximate surface area is 169 Å². The van der Waals surface area contributed by atoms with E-state index in [0.717, 1.165) is 11.1 Å². The first-order chi connectivity index (χ1) is 13.9. The molecule has 0 aliphatic rings. The van der Waals surface area contributed by atoms with Crippen molar-refractivity contribution in [3.8, 4) is 21.6 Å². The number of hydrogen-bond acceptors (Lipinski definition) is 4. The van der Waals surface area contributed by atoms with Crippen LogP contribution in [0.1, 0.15) is 0 Å². The third kappa shape index (κ3) is 2.46. The highest BCUT2D eigenvalue weighted by Gasteiger charge is 2.11. The summed E-state index contributed by atoms with van der Waals surface area (Å²) in [7, 11) is 0. The van der Waals surface area contributed by atoms with Gasteiger partial charge in [-0.2, -0.15) is 0 Å². The molecule has 0 fully saturated rings. The molecular formula is C24H14N2S2. The minimum Gasteiger partial charge on any atom is -0.244 e. The molecule has 28 heavy (non-hydrogen) atoms. The Morgan fingerprint density at radius 1 is 0.643 bits per heavy atom. The molecule has 0 aliphatic heterocycles. The maximum absolute atomic E-state index is 4.15. The number of aromatic nitrogens is 2. The van der Waals surface area contributed by atoms with E-state index in [9.17, 15) is 0 Å². The van der Waals surface area contributed by atoms with Crippen LogP contribution in [0.2, 0.25) is 0 Å². The molecule has 3 aromatic heterocycles. The Hall–Kier alpha value is -3.08. The van der Waals surface area contributed by atoms with Crippen molar-refractivity contribution in [1.29, 1.82) is 0 Å². The zero-order chi connectivity index (χ0) is 18.5. The van der Waals surface area contributed by atoms with Crippen LogP contribution in [0.3, 0.4) is 0 Å². The largest absolute Gasteiger partial charge is 0.244 e. The summed E-state index contributed by atoms with van der Waals surface area (Å²) in [5.41, 5.74) is 3.41. The second-order valence-corrected chi connectivity index (χ2v) is 8.77. The first-order valence-electron chi connectivity index (χ1n) is 9.05. The summed E-state index contributed by atoms with van der Waals surface area (Å²) < 4.78 is 2.73. The maximum Gasteiger partial charge on any atom is 0.115 e. The molecule has 0 atom stereocenters. The summed E-state index contributed by atoms with van der Waals surface area (Å²) in [6.07, 6.45) is 5.28. The van der Waals surface area contributed by atoms with Crippen LogP contribution in [0.4, 0.5) is 0 Å². The van der Waals surface area contributed by atoms with Crippen LogP contribution < -0.4 is 0 Å². The van der Waals surface area contributed by atoms with Crippen molar-refractivity contribution in [2.45, 2.75) is 0 Å². The summed E-state index contributed by atoms with van der Waals surface area (Å²) in [4.78, 5) is 9.58. The number of rotatable bonds is 2. The Balaban J connectivity index is 1.55.